The summed E-state index contributed by atoms with van der Waals surface area (Å²) in [7, 11) is 1.49. The number of carbonyl (C=O) groups is 1. The lowest BCUT2D eigenvalue weighted by molar-refractivity contribution is 0.102. The van der Waals surface area contributed by atoms with E-state index in [0.717, 1.165) is 4.68 Å². The molecule has 6 nitrogen and oxygen atoms in total. The number of amides is 1. The van der Waals surface area contributed by atoms with E-state index in [1.54, 1.807) is 11.6 Å². The van der Waals surface area contributed by atoms with Gasteiger partial charge in [0.25, 0.3) is 11.5 Å². The van der Waals surface area contributed by atoms with E-state index >= 15 is 0 Å². The molecule has 0 atom stereocenters. The highest BCUT2D eigenvalue weighted by Gasteiger charge is 2.09. The molecule has 2 aromatic heterocycles. The molecule has 0 spiro atoms. The fraction of sp³-hybridized carbons (Fsp3) is 0.111. The molecule has 2 aromatic rings. The first-order chi connectivity index (χ1) is 7.66. The predicted molar refractivity (Wildman–Crippen MR) is 59.5 cm³/mol. The van der Waals surface area contributed by atoms with Crippen molar-refractivity contribution >= 4 is 22.4 Å². The van der Waals surface area contributed by atoms with Gasteiger partial charge in [-0.3, -0.25) is 14.9 Å². The average molecular weight is 236 g/mol. The average Bonchev–Trinajstić information content (AvgIpc) is 2.74. The van der Waals surface area contributed by atoms with Crippen LogP contribution in [0, 0.1) is 0 Å². The first-order valence-corrected chi connectivity index (χ1v) is 5.30. The quantitative estimate of drug-likeness (QED) is 0.823. The fourth-order valence-electron chi connectivity index (χ4n) is 1.07. The van der Waals surface area contributed by atoms with Crippen molar-refractivity contribution < 1.29 is 4.79 Å². The summed E-state index contributed by atoms with van der Waals surface area (Å²) in [5.41, 5.74) is -0.0805. The number of hydrogen-bond acceptors (Lipinski definition) is 5. The largest absolute Gasteiger partial charge is 0.296 e. The highest BCUT2D eigenvalue weighted by molar-refractivity contribution is 7.13. The van der Waals surface area contributed by atoms with Crippen molar-refractivity contribution in [1.29, 1.82) is 0 Å². The smallest absolute Gasteiger partial charge is 0.277 e. The summed E-state index contributed by atoms with van der Waals surface area (Å²) in [5.74, 6) is -0.384. The van der Waals surface area contributed by atoms with E-state index in [1.807, 2.05) is 0 Å². The van der Waals surface area contributed by atoms with Gasteiger partial charge in [-0.1, -0.05) is 0 Å². The van der Waals surface area contributed by atoms with Gasteiger partial charge in [-0.25, -0.2) is 9.67 Å². The molecule has 0 aliphatic carbocycles. The molecule has 82 valence electrons. The third-order valence-corrected chi connectivity index (χ3v) is 2.53. The second kappa shape index (κ2) is 4.23. The van der Waals surface area contributed by atoms with Crippen LogP contribution in [0.25, 0.3) is 0 Å². The second-order valence-corrected chi connectivity index (χ2v) is 3.87. The van der Waals surface area contributed by atoms with Crippen molar-refractivity contribution in [2.45, 2.75) is 0 Å². The number of thiazole rings is 1. The van der Waals surface area contributed by atoms with E-state index < -0.39 is 0 Å². The Bertz CT molecular complexity index is 561. The van der Waals surface area contributed by atoms with Gasteiger partial charge in [-0.05, 0) is 6.07 Å². The third kappa shape index (κ3) is 2.14. The first kappa shape index (κ1) is 10.5. The van der Waals surface area contributed by atoms with Gasteiger partial charge in [0.1, 0.15) is 5.69 Å². The molecule has 0 bridgehead atoms. The van der Waals surface area contributed by atoms with Gasteiger partial charge in [0.15, 0.2) is 5.13 Å². The topological polar surface area (TPSA) is 76.9 Å². The van der Waals surface area contributed by atoms with Crippen molar-refractivity contribution in [1.82, 2.24) is 14.8 Å². The fourth-order valence-corrected chi connectivity index (χ4v) is 1.59. The Labute approximate surface area is 94.6 Å². The van der Waals surface area contributed by atoms with Crippen LogP contribution in [0.1, 0.15) is 10.5 Å². The van der Waals surface area contributed by atoms with Crippen LogP contribution in [0.3, 0.4) is 0 Å². The van der Waals surface area contributed by atoms with E-state index in [-0.39, 0.29) is 17.2 Å². The molecule has 0 saturated heterocycles. The van der Waals surface area contributed by atoms with Crippen LogP contribution in [-0.4, -0.2) is 20.7 Å². The Hall–Kier alpha value is -2.02. The van der Waals surface area contributed by atoms with Crippen LogP contribution in [0.15, 0.2) is 28.5 Å². The van der Waals surface area contributed by atoms with Crippen LogP contribution in [-0.2, 0) is 7.05 Å². The van der Waals surface area contributed by atoms with E-state index in [2.05, 4.69) is 15.4 Å². The summed E-state index contributed by atoms with van der Waals surface area (Å²) in [4.78, 5) is 26.6. The molecule has 0 aromatic carbocycles. The molecule has 0 saturated carbocycles. The van der Waals surface area contributed by atoms with Gasteiger partial charge in [-0.2, -0.15) is 5.10 Å². The lowest BCUT2D eigenvalue weighted by atomic mass is 10.4. The number of nitrogens with one attached hydrogen (secondary N) is 1. The van der Waals surface area contributed by atoms with Crippen LogP contribution >= 0.6 is 11.3 Å². The van der Waals surface area contributed by atoms with E-state index in [4.69, 9.17) is 0 Å². The number of rotatable bonds is 2. The molecule has 0 fully saturated rings. The van der Waals surface area contributed by atoms with Crippen molar-refractivity contribution in [2.75, 3.05) is 5.32 Å². The number of carbonyl (C=O) groups excluding carboxylic acids is 1. The molecule has 0 aliphatic heterocycles. The lowest BCUT2D eigenvalue weighted by Crippen LogP contribution is -2.23. The van der Waals surface area contributed by atoms with E-state index in [0.29, 0.717) is 5.13 Å². The highest BCUT2D eigenvalue weighted by Crippen LogP contribution is 2.10. The molecule has 0 radical (unpaired) electrons. The number of hydrogen-bond donors (Lipinski definition) is 1. The highest BCUT2D eigenvalue weighted by atomic mass is 32.1. The van der Waals surface area contributed by atoms with Crippen molar-refractivity contribution in [3.05, 3.63) is 39.8 Å². The minimum absolute atomic E-state index is 0.178. The molecule has 1 amide bonds. The van der Waals surface area contributed by atoms with Gasteiger partial charge < -0.3 is 0 Å². The molecular formula is C9H8N4O2S. The second-order valence-electron chi connectivity index (χ2n) is 2.97. The summed E-state index contributed by atoms with van der Waals surface area (Å²) in [5, 5.41) is 8.65. The van der Waals surface area contributed by atoms with Crippen LogP contribution in [0.5, 0.6) is 0 Å². The molecule has 0 unspecified atom stereocenters. The van der Waals surface area contributed by atoms with Gasteiger partial charge in [0.2, 0.25) is 0 Å². The summed E-state index contributed by atoms with van der Waals surface area (Å²) >= 11 is 1.31. The third-order valence-electron chi connectivity index (χ3n) is 1.85. The van der Waals surface area contributed by atoms with Crippen molar-refractivity contribution in [3.8, 4) is 0 Å². The maximum Gasteiger partial charge on any atom is 0.277 e. The monoisotopic (exact) mass is 236 g/mol. The molecule has 7 heteroatoms. The summed E-state index contributed by atoms with van der Waals surface area (Å²) in [6.45, 7) is 0. The minimum atomic E-state index is -0.384. The van der Waals surface area contributed by atoms with Gasteiger partial charge in [0, 0.05) is 24.7 Å². The first-order valence-electron chi connectivity index (χ1n) is 4.42. The SMILES string of the molecule is Cn1nc(C(=O)Nc2nccs2)ccc1=O. The van der Waals surface area contributed by atoms with Gasteiger partial charge in [0.05, 0.1) is 0 Å². The predicted octanol–water partition coefficient (Wildman–Crippen LogP) is 0.489. The Kier molecular flexibility index (Phi) is 2.78. The number of aromatic nitrogens is 3. The maximum absolute atomic E-state index is 11.7. The van der Waals surface area contributed by atoms with E-state index in [9.17, 15) is 9.59 Å². The molecule has 2 rings (SSSR count). The number of aryl methyl sites for hydroxylation is 1. The zero-order valence-corrected chi connectivity index (χ0v) is 9.19. The minimum Gasteiger partial charge on any atom is -0.296 e. The zero-order chi connectivity index (χ0) is 11.5. The summed E-state index contributed by atoms with van der Waals surface area (Å²) in [6.07, 6.45) is 1.59. The normalized spacial score (nSPS) is 10.1. The Morgan fingerprint density at radius 1 is 1.50 bits per heavy atom. The van der Waals surface area contributed by atoms with Crippen LogP contribution in [0.4, 0.5) is 5.13 Å². The number of nitrogens with zero attached hydrogens (tertiary/aromatic N) is 3. The van der Waals surface area contributed by atoms with E-state index in [1.165, 1.54) is 30.5 Å². The van der Waals surface area contributed by atoms with Crippen molar-refractivity contribution in [2.24, 2.45) is 7.05 Å². The Morgan fingerprint density at radius 2 is 2.31 bits per heavy atom. The molecule has 1 N–H and O–H groups in total. The summed E-state index contributed by atoms with van der Waals surface area (Å²) in [6, 6.07) is 2.68. The molecule has 16 heavy (non-hydrogen) atoms. The van der Waals surface area contributed by atoms with Crippen LogP contribution in [0.2, 0.25) is 0 Å². The van der Waals surface area contributed by atoms with Crippen LogP contribution < -0.4 is 10.9 Å². The number of anilines is 1. The van der Waals surface area contributed by atoms with Gasteiger partial charge >= 0.3 is 0 Å². The van der Waals surface area contributed by atoms with Gasteiger partial charge in [-0.15, -0.1) is 11.3 Å². The zero-order valence-electron chi connectivity index (χ0n) is 8.38. The molecule has 0 aliphatic rings. The van der Waals surface area contributed by atoms with Crippen molar-refractivity contribution in [3.63, 3.8) is 0 Å². The lowest BCUT2D eigenvalue weighted by Gasteiger charge is -2.01. The maximum atomic E-state index is 11.7. The Morgan fingerprint density at radius 3 is 2.94 bits per heavy atom. The Balaban J connectivity index is 2.21. The standard InChI is InChI=1S/C9H8N4O2S/c1-13-7(14)3-2-6(12-13)8(15)11-9-10-4-5-16-9/h2-5H,1H3,(H,10,11,15). The molecule has 2 heterocycles. The summed E-state index contributed by atoms with van der Waals surface area (Å²) < 4.78 is 1.11. The molecular weight excluding hydrogens is 228 g/mol.